The maximum absolute atomic E-state index is 13.2. The number of anilines is 2. The minimum atomic E-state index is -3.66. The molecule has 180 valence electrons. The van der Waals surface area contributed by atoms with Crippen LogP contribution in [-0.2, 0) is 21.4 Å². The van der Waals surface area contributed by atoms with E-state index in [2.05, 4.69) is 10.3 Å². The Bertz CT molecular complexity index is 1370. The van der Waals surface area contributed by atoms with Crippen LogP contribution in [0.1, 0.15) is 26.2 Å². The summed E-state index contributed by atoms with van der Waals surface area (Å²) in [6, 6.07) is 11.9. The van der Waals surface area contributed by atoms with E-state index in [9.17, 15) is 18.0 Å². The van der Waals surface area contributed by atoms with Gasteiger partial charge in [0.15, 0.2) is 0 Å². The first-order valence-corrected chi connectivity index (χ1v) is 12.7. The van der Waals surface area contributed by atoms with Crippen LogP contribution in [0.15, 0.2) is 58.4 Å². The molecule has 2 heterocycles. The molecule has 1 saturated heterocycles. The molecule has 2 aromatic carbocycles. The molecule has 10 heteroatoms. The van der Waals surface area contributed by atoms with Crippen LogP contribution >= 0.6 is 0 Å². The van der Waals surface area contributed by atoms with Crippen molar-refractivity contribution in [3.05, 3.63) is 59.1 Å². The Morgan fingerprint density at radius 1 is 1.15 bits per heavy atom. The van der Waals surface area contributed by atoms with Crippen molar-refractivity contribution in [1.82, 2.24) is 13.9 Å². The number of carbonyl (C=O) groups excluding carboxylic acids is 1. The molecule has 9 nitrogen and oxygen atoms in total. The number of amides is 1. The minimum Gasteiger partial charge on any atom is -0.378 e. The monoisotopic (exact) mass is 483 g/mol. The molecule has 0 spiro atoms. The summed E-state index contributed by atoms with van der Waals surface area (Å²) in [6.45, 7) is 2.17. The van der Waals surface area contributed by atoms with Crippen LogP contribution in [0.4, 0.5) is 11.4 Å². The number of hydrogen-bond acceptors (Lipinski definition) is 6. The Morgan fingerprint density at radius 2 is 1.88 bits per heavy atom. The van der Waals surface area contributed by atoms with Gasteiger partial charge < -0.3 is 10.2 Å². The van der Waals surface area contributed by atoms with E-state index in [1.807, 2.05) is 38.1 Å². The number of benzene rings is 2. The van der Waals surface area contributed by atoms with Gasteiger partial charge in [0.2, 0.25) is 15.9 Å². The first kappa shape index (κ1) is 23.9. The van der Waals surface area contributed by atoms with Gasteiger partial charge in [-0.15, -0.1) is 0 Å². The van der Waals surface area contributed by atoms with Gasteiger partial charge in [-0.05, 0) is 62.2 Å². The number of carbonyl (C=O) groups is 1. The lowest BCUT2D eigenvalue weighted by atomic mass is 10.1. The van der Waals surface area contributed by atoms with Crippen molar-refractivity contribution in [3.8, 4) is 0 Å². The van der Waals surface area contributed by atoms with Crippen molar-refractivity contribution in [2.75, 3.05) is 30.9 Å². The van der Waals surface area contributed by atoms with Crippen LogP contribution < -0.4 is 15.9 Å². The van der Waals surface area contributed by atoms with E-state index < -0.39 is 15.7 Å². The van der Waals surface area contributed by atoms with Gasteiger partial charge in [-0.3, -0.25) is 9.36 Å². The zero-order chi connectivity index (χ0) is 24.5. The summed E-state index contributed by atoms with van der Waals surface area (Å²) in [5.41, 5.74) is 1.48. The Balaban J connectivity index is 1.59. The largest absolute Gasteiger partial charge is 0.378 e. The van der Waals surface area contributed by atoms with Gasteiger partial charge in [-0.1, -0.05) is 6.42 Å². The summed E-state index contributed by atoms with van der Waals surface area (Å²) in [4.78, 5) is 31.1. The first-order chi connectivity index (χ1) is 16.2. The number of piperidine rings is 1. The van der Waals surface area contributed by atoms with Gasteiger partial charge >= 0.3 is 5.69 Å². The van der Waals surface area contributed by atoms with Gasteiger partial charge in [0.05, 0.1) is 10.4 Å². The Hall–Kier alpha value is -3.24. The van der Waals surface area contributed by atoms with Crippen LogP contribution in [0, 0.1) is 0 Å². The lowest BCUT2D eigenvalue weighted by molar-refractivity contribution is -0.116. The molecule has 4 rings (SSSR count). The van der Waals surface area contributed by atoms with Crippen molar-refractivity contribution in [2.45, 2.75) is 43.7 Å². The summed E-state index contributed by atoms with van der Waals surface area (Å²) in [7, 11) is 0.192. The molecule has 0 saturated carbocycles. The fourth-order valence-corrected chi connectivity index (χ4v) is 5.98. The number of nitrogens with one attached hydrogen (secondary N) is 1. The van der Waals surface area contributed by atoms with Gasteiger partial charge in [-0.2, -0.15) is 4.31 Å². The molecule has 34 heavy (non-hydrogen) atoms. The number of sulfonamides is 1. The standard InChI is InChI=1S/C24H29N5O4S/c1-17-6-4-5-13-29(17)34(32,33)21-11-12-22-18(14-21)15-25-24(31)28(22)16-23(30)26-19-7-9-20(10-8-19)27(2)3/h7-12,14-15,17H,4-6,13,16H2,1-3H3,(H,26,30). The quantitative estimate of drug-likeness (QED) is 0.578. The van der Waals surface area contributed by atoms with E-state index in [0.717, 1.165) is 24.9 Å². The summed E-state index contributed by atoms with van der Waals surface area (Å²) in [5, 5.41) is 3.26. The number of hydrogen-bond donors (Lipinski definition) is 1. The highest BCUT2D eigenvalue weighted by atomic mass is 32.2. The molecule has 1 N–H and O–H groups in total. The third-order valence-electron chi connectivity index (χ3n) is 6.15. The second-order valence-electron chi connectivity index (χ2n) is 8.80. The van der Waals surface area contributed by atoms with Crippen molar-refractivity contribution < 1.29 is 13.2 Å². The zero-order valence-corrected chi connectivity index (χ0v) is 20.4. The molecular weight excluding hydrogens is 454 g/mol. The Kier molecular flexibility index (Phi) is 6.72. The fourth-order valence-electron chi connectivity index (χ4n) is 4.24. The number of nitrogens with zero attached hydrogens (tertiary/aromatic N) is 4. The van der Waals surface area contributed by atoms with Crippen molar-refractivity contribution in [3.63, 3.8) is 0 Å². The first-order valence-electron chi connectivity index (χ1n) is 11.3. The molecule has 0 aliphatic carbocycles. The Morgan fingerprint density at radius 3 is 2.56 bits per heavy atom. The normalized spacial score (nSPS) is 17.0. The van der Waals surface area contributed by atoms with E-state index in [-0.39, 0.29) is 23.4 Å². The molecule has 3 aromatic rings. The van der Waals surface area contributed by atoms with E-state index in [1.165, 1.54) is 27.2 Å². The summed E-state index contributed by atoms with van der Waals surface area (Å²) in [6.07, 6.45) is 4.04. The van der Waals surface area contributed by atoms with Crippen LogP contribution in [0.5, 0.6) is 0 Å². The Labute approximate surface area is 199 Å². The lowest BCUT2D eigenvalue weighted by Gasteiger charge is -2.32. The second kappa shape index (κ2) is 9.55. The highest BCUT2D eigenvalue weighted by molar-refractivity contribution is 7.89. The van der Waals surface area contributed by atoms with Gasteiger partial charge in [0.25, 0.3) is 0 Å². The molecule has 1 amide bonds. The average Bonchev–Trinajstić information content (AvgIpc) is 2.81. The molecule has 1 unspecified atom stereocenters. The number of fused-ring (bicyclic) bond motifs is 1. The third-order valence-corrected chi connectivity index (χ3v) is 8.16. The van der Waals surface area contributed by atoms with E-state index in [1.54, 1.807) is 18.2 Å². The smallest absolute Gasteiger partial charge is 0.348 e. The highest BCUT2D eigenvalue weighted by Gasteiger charge is 2.31. The minimum absolute atomic E-state index is 0.0583. The molecule has 1 aliphatic rings. The van der Waals surface area contributed by atoms with Crippen molar-refractivity contribution in [2.24, 2.45) is 0 Å². The van der Waals surface area contributed by atoms with Crippen LogP contribution in [0.3, 0.4) is 0 Å². The zero-order valence-electron chi connectivity index (χ0n) is 19.6. The fraction of sp³-hybridized carbons (Fsp3) is 0.375. The average molecular weight is 484 g/mol. The van der Waals surface area contributed by atoms with Gasteiger partial charge in [-0.25, -0.2) is 18.2 Å². The van der Waals surface area contributed by atoms with E-state index in [4.69, 9.17) is 0 Å². The molecule has 0 bridgehead atoms. The van der Waals surface area contributed by atoms with E-state index in [0.29, 0.717) is 23.1 Å². The second-order valence-corrected chi connectivity index (χ2v) is 10.7. The SMILES string of the molecule is CC1CCCCN1S(=O)(=O)c1ccc2c(cnc(=O)n2CC(=O)Nc2ccc(N(C)C)cc2)c1. The summed E-state index contributed by atoms with van der Waals surface area (Å²) in [5.74, 6) is -0.382. The summed E-state index contributed by atoms with van der Waals surface area (Å²) >= 11 is 0. The van der Waals surface area contributed by atoms with Crippen LogP contribution in [0.25, 0.3) is 10.9 Å². The van der Waals surface area contributed by atoms with Crippen LogP contribution in [-0.4, -0.2) is 54.9 Å². The molecule has 0 radical (unpaired) electrons. The number of rotatable bonds is 6. The summed E-state index contributed by atoms with van der Waals surface area (Å²) < 4.78 is 29.2. The lowest BCUT2D eigenvalue weighted by Crippen LogP contribution is -2.41. The predicted octanol–water partition coefficient (Wildman–Crippen LogP) is 2.66. The molecule has 1 aliphatic heterocycles. The molecular formula is C24H29N5O4S. The number of aromatic nitrogens is 2. The van der Waals surface area contributed by atoms with Gasteiger partial charge in [0.1, 0.15) is 6.54 Å². The van der Waals surface area contributed by atoms with E-state index >= 15 is 0 Å². The molecule has 1 aromatic heterocycles. The third kappa shape index (κ3) is 4.83. The maximum atomic E-state index is 13.2. The molecule has 1 fully saturated rings. The maximum Gasteiger partial charge on any atom is 0.348 e. The highest BCUT2D eigenvalue weighted by Crippen LogP contribution is 2.27. The topological polar surface area (TPSA) is 105 Å². The van der Waals surface area contributed by atoms with Crippen molar-refractivity contribution in [1.29, 1.82) is 0 Å². The van der Waals surface area contributed by atoms with Crippen molar-refractivity contribution >= 4 is 38.2 Å². The predicted molar refractivity (Wildman–Crippen MR) is 133 cm³/mol. The van der Waals surface area contributed by atoms with Gasteiger partial charge in [0, 0.05) is 49.6 Å². The van der Waals surface area contributed by atoms with Crippen LogP contribution in [0.2, 0.25) is 0 Å². The molecule has 1 atom stereocenters.